The molecule has 0 spiro atoms. The largest absolute Gasteiger partial charge is 0.484 e. The zero-order valence-corrected chi connectivity index (χ0v) is 12.0. The van der Waals surface area contributed by atoms with Crippen LogP contribution in [0.15, 0.2) is 30.3 Å². The van der Waals surface area contributed by atoms with Gasteiger partial charge in [-0.25, -0.2) is 0 Å². The minimum absolute atomic E-state index is 0. The van der Waals surface area contributed by atoms with Crippen LogP contribution in [0.5, 0.6) is 5.75 Å². The Kier molecular flexibility index (Phi) is 5.63. The predicted molar refractivity (Wildman–Crippen MR) is 77.5 cm³/mol. The van der Waals surface area contributed by atoms with Gasteiger partial charge in [0, 0.05) is 13.1 Å². The van der Waals surface area contributed by atoms with E-state index in [1.165, 1.54) is 0 Å². The molecule has 0 saturated carbocycles. The average molecular weight is 285 g/mol. The van der Waals surface area contributed by atoms with E-state index in [1.54, 1.807) is 0 Å². The van der Waals surface area contributed by atoms with Gasteiger partial charge in [-0.3, -0.25) is 4.79 Å². The van der Waals surface area contributed by atoms with Crippen LogP contribution in [0, 0.1) is 5.41 Å². The first-order chi connectivity index (χ1) is 8.63. The molecule has 19 heavy (non-hydrogen) atoms. The van der Waals surface area contributed by atoms with Gasteiger partial charge < -0.3 is 15.4 Å². The second-order valence-electron chi connectivity index (χ2n) is 5.18. The number of ether oxygens (including phenoxy) is 1. The molecule has 1 aromatic carbocycles. The summed E-state index contributed by atoms with van der Waals surface area (Å²) in [4.78, 5) is 13.8. The summed E-state index contributed by atoms with van der Waals surface area (Å²) in [5.41, 5.74) is 5.80. The normalized spacial score (nSPS) is 21.9. The Morgan fingerprint density at radius 2 is 2.11 bits per heavy atom. The number of para-hydroxylation sites is 1. The Hall–Kier alpha value is -1.26. The summed E-state index contributed by atoms with van der Waals surface area (Å²) < 4.78 is 5.46. The second-order valence-corrected chi connectivity index (χ2v) is 5.18. The molecule has 1 aliphatic heterocycles. The van der Waals surface area contributed by atoms with Crippen LogP contribution in [-0.2, 0) is 4.79 Å². The Balaban J connectivity index is 0.00000180. The number of nitrogens with two attached hydrogens (primary N) is 1. The third kappa shape index (κ3) is 4.11. The summed E-state index contributed by atoms with van der Waals surface area (Å²) in [5, 5.41) is 0. The van der Waals surface area contributed by atoms with E-state index < -0.39 is 0 Å². The fourth-order valence-corrected chi connectivity index (χ4v) is 2.16. The van der Waals surface area contributed by atoms with E-state index in [0.29, 0.717) is 6.54 Å². The molecule has 1 unspecified atom stereocenters. The van der Waals surface area contributed by atoms with Gasteiger partial charge in [-0.2, -0.15) is 0 Å². The highest BCUT2D eigenvalue weighted by atomic mass is 35.5. The van der Waals surface area contributed by atoms with E-state index in [2.05, 4.69) is 6.92 Å². The van der Waals surface area contributed by atoms with E-state index in [4.69, 9.17) is 10.5 Å². The number of halogens is 1. The predicted octanol–water partition coefficient (Wildman–Crippen LogP) is 1.68. The number of hydrogen-bond acceptors (Lipinski definition) is 3. The van der Waals surface area contributed by atoms with Crippen molar-refractivity contribution in [1.29, 1.82) is 0 Å². The highest BCUT2D eigenvalue weighted by Crippen LogP contribution is 2.28. The molecule has 1 atom stereocenters. The number of hydrogen-bond donors (Lipinski definition) is 1. The van der Waals surface area contributed by atoms with Gasteiger partial charge in [0.15, 0.2) is 6.61 Å². The third-order valence-corrected chi connectivity index (χ3v) is 3.51. The lowest BCUT2D eigenvalue weighted by Gasteiger charge is -2.22. The number of nitrogens with zero attached hydrogens (tertiary/aromatic N) is 1. The van der Waals surface area contributed by atoms with Crippen molar-refractivity contribution in [3.63, 3.8) is 0 Å². The zero-order valence-electron chi connectivity index (χ0n) is 11.2. The lowest BCUT2D eigenvalue weighted by molar-refractivity contribution is -0.132. The van der Waals surface area contributed by atoms with Gasteiger partial charge >= 0.3 is 0 Å². The molecule has 1 amide bonds. The van der Waals surface area contributed by atoms with Gasteiger partial charge in [0.1, 0.15) is 5.75 Å². The van der Waals surface area contributed by atoms with Crippen molar-refractivity contribution in [1.82, 2.24) is 4.90 Å². The standard InChI is InChI=1S/C14H20N2O2.ClH/c1-14(10-15)7-8-16(11-14)13(17)9-18-12-5-3-2-4-6-12;/h2-6H,7-11,15H2,1H3;1H. The van der Waals surface area contributed by atoms with Crippen molar-refractivity contribution >= 4 is 18.3 Å². The van der Waals surface area contributed by atoms with Crippen LogP contribution in [-0.4, -0.2) is 37.0 Å². The number of carbonyl (C=O) groups excluding carboxylic acids is 1. The molecule has 0 aromatic heterocycles. The number of benzene rings is 1. The molecular formula is C14H21ClN2O2. The summed E-state index contributed by atoms with van der Waals surface area (Å²) in [6.07, 6.45) is 0.973. The maximum atomic E-state index is 12.0. The average Bonchev–Trinajstić information content (AvgIpc) is 2.81. The quantitative estimate of drug-likeness (QED) is 0.915. The van der Waals surface area contributed by atoms with Gasteiger partial charge in [-0.1, -0.05) is 25.1 Å². The van der Waals surface area contributed by atoms with E-state index in [1.807, 2.05) is 35.2 Å². The number of carbonyl (C=O) groups is 1. The summed E-state index contributed by atoms with van der Waals surface area (Å²) in [7, 11) is 0. The van der Waals surface area contributed by atoms with Gasteiger partial charge in [0.05, 0.1) is 0 Å². The molecule has 1 heterocycles. The first-order valence-corrected chi connectivity index (χ1v) is 6.29. The van der Waals surface area contributed by atoms with Gasteiger partial charge in [-0.05, 0) is 30.5 Å². The van der Waals surface area contributed by atoms with Crippen molar-refractivity contribution in [3.8, 4) is 5.75 Å². The molecule has 0 radical (unpaired) electrons. The summed E-state index contributed by atoms with van der Waals surface area (Å²) in [6.45, 7) is 4.37. The van der Waals surface area contributed by atoms with E-state index >= 15 is 0 Å². The first-order valence-electron chi connectivity index (χ1n) is 6.29. The molecule has 1 aromatic rings. The van der Waals surface area contributed by atoms with Crippen molar-refractivity contribution in [3.05, 3.63) is 30.3 Å². The fourth-order valence-electron chi connectivity index (χ4n) is 2.16. The van der Waals surface area contributed by atoms with Crippen LogP contribution in [0.3, 0.4) is 0 Å². The van der Waals surface area contributed by atoms with Gasteiger partial charge in [0.2, 0.25) is 0 Å². The molecule has 1 aliphatic rings. The molecule has 1 saturated heterocycles. The Labute approximate surface area is 120 Å². The molecule has 4 nitrogen and oxygen atoms in total. The van der Waals surface area contributed by atoms with Crippen LogP contribution in [0.4, 0.5) is 0 Å². The van der Waals surface area contributed by atoms with E-state index in [-0.39, 0.29) is 30.3 Å². The SMILES string of the molecule is CC1(CN)CCN(C(=O)COc2ccccc2)C1.Cl. The number of rotatable bonds is 4. The third-order valence-electron chi connectivity index (χ3n) is 3.51. The summed E-state index contributed by atoms with van der Waals surface area (Å²) in [6, 6.07) is 9.40. The van der Waals surface area contributed by atoms with E-state index in [9.17, 15) is 4.79 Å². The van der Waals surface area contributed by atoms with Crippen LogP contribution in [0.2, 0.25) is 0 Å². The van der Waals surface area contributed by atoms with Crippen LogP contribution in [0.25, 0.3) is 0 Å². The minimum atomic E-state index is 0. The zero-order chi connectivity index (χ0) is 13.0. The Bertz CT molecular complexity index is 413. The smallest absolute Gasteiger partial charge is 0.260 e. The highest BCUT2D eigenvalue weighted by Gasteiger charge is 2.34. The molecule has 106 valence electrons. The molecule has 1 fully saturated rings. The van der Waals surface area contributed by atoms with Gasteiger partial charge in [-0.15, -0.1) is 12.4 Å². The van der Waals surface area contributed by atoms with Crippen molar-refractivity contribution in [2.24, 2.45) is 11.1 Å². The Morgan fingerprint density at radius 1 is 1.42 bits per heavy atom. The number of amides is 1. The second kappa shape index (κ2) is 6.78. The number of likely N-dealkylation sites (tertiary alicyclic amines) is 1. The molecule has 5 heteroatoms. The topological polar surface area (TPSA) is 55.6 Å². The Morgan fingerprint density at radius 3 is 2.68 bits per heavy atom. The molecular weight excluding hydrogens is 264 g/mol. The highest BCUT2D eigenvalue weighted by molar-refractivity contribution is 5.85. The minimum Gasteiger partial charge on any atom is -0.484 e. The van der Waals surface area contributed by atoms with Crippen molar-refractivity contribution in [2.75, 3.05) is 26.2 Å². The van der Waals surface area contributed by atoms with E-state index in [0.717, 1.165) is 25.3 Å². The monoisotopic (exact) mass is 284 g/mol. The summed E-state index contributed by atoms with van der Waals surface area (Å²) in [5.74, 6) is 0.766. The first kappa shape index (κ1) is 15.8. The van der Waals surface area contributed by atoms with Crippen molar-refractivity contribution in [2.45, 2.75) is 13.3 Å². The van der Waals surface area contributed by atoms with Gasteiger partial charge in [0.25, 0.3) is 5.91 Å². The summed E-state index contributed by atoms with van der Waals surface area (Å²) >= 11 is 0. The van der Waals surface area contributed by atoms with Crippen LogP contribution < -0.4 is 10.5 Å². The fraction of sp³-hybridized carbons (Fsp3) is 0.500. The molecule has 0 bridgehead atoms. The van der Waals surface area contributed by atoms with Crippen LogP contribution >= 0.6 is 12.4 Å². The van der Waals surface area contributed by atoms with Crippen LogP contribution in [0.1, 0.15) is 13.3 Å². The molecule has 2 N–H and O–H groups in total. The molecule has 2 rings (SSSR count). The maximum Gasteiger partial charge on any atom is 0.260 e. The van der Waals surface area contributed by atoms with Crippen molar-refractivity contribution < 1.29 is 9.53 Å². The lowest BCUT2D eigenvalue weighted by Crippen LogP contribution is -2.36. The maximum absolute atomic E-state index is 12.0. The lowest BCUT2D eigenvalue weighted by atomic mass is 9.90. The molecule has 0 aliphatic carbocycles.